The van der Waals surface area contributed by atoms with Crippen molar-refractivity contribution in [3.05, 3.63) is 0 Å². The first-order valence-electron chi connectivity index (χ1n) is 6.94. The van der Waals surface area contributed by atoms with Gasteiger partial charge in [-0.15, -0.1) is 0 Å². The summed E-state index contributed by atoms with van der Waals surface area (Å²) in [6.07, 6.45) is 3.31. The Kier molecular flexibility index (Phi) is 7.77. The van der Waals surface area contributed by atoms with Gasteiger partial charge in [-0.25, -0.2) is 0 Å². The van der Waals surface area contributed by atoms with Gasteiger partial charge in [0, 0.05) is 6.61 Å². The summed E-state index contributed by atoms with van der Waals surface area (Å²) in [5.41, 5.74) is 0. The van der Waals surface area contributed by atoms with Gasteiger partial charge in [0.1, 0.15) is 18.3 Å². The molecule has 0 bridgehead atoms. The van der Waals surface area contributed by atoms with Crippen LogP contribution in [0.3, 0.4) is 0 Å². The molecule has 5 heteroatoms. The molecule has 1 heterocycles. The number of ether oxygens (including phenoxy) is 2. The zero-order valence-corrected chi connectivity index (χ0v) is 11.1. The van der Waals surface area contributed by atoms with Gasteiger partial charge in [-0.3, -0.25) is 0 Å². The van der Waals surface area contributed by atoms with Crippen molar-refractivity contribution in [1.82, 2.24) is 0 Å². The lowest BCUT2D eigenvalue weighted by molar-refractivity contribution is -0.169. The Balaban J connectivity index is 2.05. The van der Waals surface area contributed by atoms with Crippen molar-refractivity contribution >= 4 is 0 Å². The molecule has 0 unspecified atom stereocenters. The molecule has 0 aromatic rings. The van der Waals surface area contributed by atoms with E-state index in [9.17, 15) is 10.2 Å². The summed E-state index contributed by atoms with van der Waals surface area (Å²) in [5.74, 6) is 0. The Bertz CT molecular complexity index is 212. The predicted molar refractivity (Wildman–Crippen MR) is 67.1 cm³/mol. The Labute approximate surface area is 109 Å². The number of aliphatic hydroxyl groups excluding tert-OH is 3. The number of hydrogen-bond acceptors (Lipinski definition) is 5. The van der Waals surface area contributed by atoms with Gasteiger partial charge in [0.2, 0.25) is 0 Å². The Hall–Kier alpha value is -0.200. The fourth-order valence-corrected chi connectivity index (χ4v) is 2.08. The molecule has 0 spiro atoms. The molecule has 0 aromatic heterocycles. The molecule has 3 N–H and O–H groups in total. The van der Waals surface area contributed by atoms with E-state index in [1.54, 1.807) is 0 Å². The molecule has 0 amide bonds. The molecule has 0 aromatic carbocycles. The maximum atomic E-state index is 9.62. The fraction of sp³-hybridized carbons (Fsp3) is 1.00. The van der Waals surface area contributed by atoms with Gasteiger partial charge < -0.3 is 24.8 Å². The van der Waals surface area contributed by atoms with Crippen LogP contribution in [0.5, 0.6) is 0 Å². The first-order valence-corrected chi connectivity index (χ1v) is 6.94. The summed E-state index contributed by atoms with van der Waals surface area (Å²) in [5, 5.41) is 28.0. The van der Waals surface area contributed by atoms with Gasteiger partial charge in [0.05, 0.1) is 6.61 Å². The number of aliphatic hydroxyl groups is 3. The zero-order chi connectivity index (χ0) is 13.4. The SMILES string of the molecule is CCCCCCCCO[C@@H]1O[C@H](CO)[C@H](O)[C@H]1O. The lowest BCUT2D eigenvalue weighted by Crippen LogP contribution is -2.34. The van der Waals surface area contributed by atoms with E-state index >= 15 is 0 Å². The van der Waals surface area contributed by atoms with E-state index in [2.05, 4.69) is 6.92 Å². The molecule has 1 aliphatic heterocycles. The molecule has 1 fully saturated rings. The standard InChI is InChI=1S/C13H26O5/c1-2-3-4-5-6-7-8-17-13-12(16)11(15)10(9-14)18-13/h10-16H,2-9H2,1H3/t10-,11+,12-,13-/m1/s1. The first kappa shape index (κ1) is 15.9. The van der Waals surface area contributed by atoms with Crippen LogP contribution in [0.4, 0.5) is 0 Å². The highest BCUT2D eigenvalue weighted by Gasteiger charge is 2.42. The molecule has 5 nitrogen and oxygen atoms in total. The maximum Gasteiger partial charge on any atom is 0.186 e. The largest absolute Gasteiger partial charge is 0.394 e. The van der Waals surface area contributed by atoms with E-state index in [0.717, 1.165) is 12.8 Å². The summed E-state index contributed by atoms with van der Waals surface area (Å²) >= 11 is 0. The van der Waals surface area contributed by atoms with Crippen LogP contribution < -0.4 is 0 Å². The summed E-state index contributed by atoms with van der Waals surface area (Å²) < 4.78 is 10.6. The van der Waals surface area contributed by atoms with Crippen molar-refractivity contribution in [2.75, 3.05) is 13.2 Å². The second-order valence-corrected chi connectivity index (χ2v) is 4.85. The Morgan fingerprint density at radius 1 is 1.00 bits per heavy atom. The number of hydrogen-bond donors (Lipinski definition) is 3. The van der Waals surface area contributed by atoms with E-state index in [4.69, 9.17) is 14.6 Å². The van der Waals surface area contributed by atoms with Crippen molar-refractivity contribution in [3.8, 4) is 0 Å². The minimum atomic E-state index is -1.07. The van der Waals surface area contributed by atoms with E-state index in [-0.39, 0.29) is 6.61 Å². The molecule has 1 saturated heterocycles. The normalized spacial score (nSPS) is 32.0. The van der Waals surface area contributed by atoms with Crippen molar-refractivity contribution in [1.29, 1.82) is 0 Å². The van der Waals surface area contributed by atoms with Crippen molar-refractivity contribution in [2.24, 2.45) is 0 Å². The second kappa shape index (κ2) is 8.82. The third-order valence-electron chi connectivity index (χ3n) is 3.28. The predicted octanol–water partition coefficient (Wildman–Crippen LogP) is 0.802. The molecular formula is C13H26O5. The summed E-state index contributed by atoms with van der Waals surface area (Å²) in [4.78, 5) is 0. The zero-order valence-electron chi connectivity index (χ0n) is 11.1. The summed E-state index contributed by atoms with van der Waals surface area (Å²) in [7, 11) is 0. The average Bonchev–Trinajstić information content (AvgIpc) is 2.65. The first-order chi connectivity index (χ1) is 8.70. The molecule has 0 radical (unpaired) electrons. The van der Waals surface area contributed by atoms with Gasteiger partial charge in [-0.1, -0.05) is 39.0 Å². The van der Waals surface area contributed by atoms with Crippen LogP contribution in [0.1, 0.15) is 45.4 Å². The lowest BCUT2D eigenvalue weighted by Gasteiger charge is -2.15. The van der Waals surface area contributed by atoms with Crippen molar-refractivity contribution in [3.63, 3.8) is 0 Å². The van der Waals surface area contributed by atoms with Crippen LogP contribution in [-0.2, 0) is 9.47 Å². The maximum absolute atomic E-state index is 9.62. The smallest absolute Gasteiger partial charge is 0.186 e. The average molecular weight is 262 g/mol. The Morgan fingerprint density at radius 2 is 1.67 bits per heavy atom. The lowest BCUT2D eigenvalue weighted by atomic mass is 10.1. The van der Waals surface area contributed by atoms with E-state index < -0.39 is 24.6 Å². The molecular weight excluding hydrogens is 236 g/mol. The Morgan fingerprint density at radius 3 is 2.28 bits per heavy atom. The molecule has 1 aliphatic rings. The third kappa shape index (κ3) is 4.82. The van der Waals surface area contributed by atoms with Gasteiger partial charge >= 0.3 is 0 Å². The molecule has 4 atom stereocenters. The minimum absolute atomic E-state index is 0.310. The van der Waals surface area contributed by atoms with Gasteiger partial charge in [-0.05, 0) is 6.42 Å². The van der Waals surface area contributed by atoms with Crippen LogP contribution >= 0.6 is 0 Å². The molecule has 0 aliphatic carbocycles. The summed E-state index contributed by atoms with van der Waals surface area (Å²) in [6.45, 7) is 2.39. The topological polar surface area (TPSA) is 79.2 Å². The van der Waals surface area contributed by atoms with Crippen LogP contribution in [0, 0.1) is 0 Å². The summed E-state index contributed by atoms with van der Waals surface area (Å²) in [6, 6.07) is 0. The fourth-order valence-electron chi connectivity index (χ4n) is 2.08. The second-order valence-electron chi connectivity index (χ2n) is 4.85. The highest BCUT2D eigenvalue weighted by molar-refractivity contribution is 4.86. The van der Waals surface area contributed by atoms with Crippen LogP contribution in [-0.4, -0.2) is 53.1 Å². The number of rotatable bonds is 9. The molecule has 108 valence electrons. The molecule has 0 saturated carbocycles. The minimum Gasteiger partial charge on any atom is -0.394 e. The quantitative estimate of drug-likeness (QED) is 0.536. The van der Waals surface area contributed by atoms with Crippen LogP contribution in [0.15, 0.2) is 0 Å². The van der Waals surface area contributed by atoms with Gasteiger partial charge in [0.15, 0.2) is 6.29 Å². The van der Waals surface area contributed by atoms with Crippen LogP contribution in [0.2, 0.25) is 0 Å². The highest BCUT2D eigenvalue weighted by atomic mass is 16.7. The van der Waals surface area contributed by atoms with Crippen LogP contribution in [0.25, 0.3) is 0 Å². The third-order valence-corrected chi connectivity index (χ3v) is 3.28. The van der Waals surface area contributed by atoms with Gasteiger partial charge in [0.25, 0.3) is 0 Å². The van der Waals surface area contributed by atoms with E-state index in [1.807, 2.05) is 0 Å². The van der Waals surface area contributed by atoms with Crippen molar-refractivity contribution in [2.45, 2.75) is 70.1 Å². The van der Waals surface area contributed by atoms with Crippen molar-refractivity contribution < 1.29 is 24.8 Å². The monoisotopic (exact) mass is 262 g/mol. The van der Waals surface area contributed by atoms with Gasteiger partial charge in [-0.2, -0.15) is 0 Å². The number of unbranched alkanes of at least 4 members (excludes halogenated alkanes) is 5. The van der Waals surface area contributed by atoms with E-state index in [0.29, 0.717) is 6.61 Å². The van der Waals surface area contributed by atoms with E-state index in [1.165, 1.54) is 25.7 Å². The highest BCUT2D eigenvalue weighted by Crippen LogP contribution is 2.22. The molecule has 18 heavy (non-hydrogen) atoms. The molecule has 1 rings (SSSR count).